The molecule has 19 heavy (non-hydrogen) atoms. The number of rotatable bonds is 2. The molecule has 0 saturated heterocycles. The second-order valence-electron chi connectivity index (χ2n) is 4.86. The first-order chi connectivity index (χ1) is 9.29. The molecular weight excluding hydrogens is 238 g/mol. The first-order valence-corrected chi connectivity index (χ1v) is 6.80. The normalized spacial score (nSPS) is 15.4. The summed E-state index contributed by atoms with van der Waals surface area (Å²) in [6.45, 7) is -0.139. The Bertz CT molecular complexity index is 476. The van der Waals surface area contributed by atoms with E-state index in [1.165, 1.54) is 6.42 Å². The molecule has 1 aromatic carbocycles. The molecule has 0 radical (unpaired) electrons. The molecule has 0 bridgehead atoms. The van der Waals surface area contributed by atoms with Gasteiger partial charge in [0.25, 0.3) is 0 Å². The number of benzene rings is 1. The number of amides is 1. The van der Waals surface area contributed by atoms with Crippen molar-refractivity contribution in [3.05, 3.63) is 29.8 Å². The molecule has 0 heterocycles. The summed E-state index contributed by atoms with van der Waals surface area (Å²) in [5.74, 6) is 5.72. The second kappa shape index (κ2) is 6.96. The van der Waals surface area contributed by atoms with Crippen molar-refractivity contribution >= 4 is 11.6 Å². The monoisotopic (exact) mass is 257 g/mol. The number of hydrogen-bond donors (Lipinski definition) is 2. The molecule has 3 nitrogen and oxygen atoms in total. The number of aliphatic hydroxyl groups is 1. The van der Waals surface area contributed by atoms with Gasteiger partial charge in [-0.15, -0.1) is 0 Å². The average Bonchev–Trinajstić information content (AvgIpc) is 2.47. The summed E-state index contributed by atoms with van der Waals surface area (Å²) in [6.07, 6.45) is 5.58. The maximum Gasteiger partial charge on any atom is 0.227 e. The van der Waals surface area contributed by atoms with Crippen LogP contribution in [0.3, 0.4) is 0 Å². The van der Waals surface area contributed by atoms with Gasteiger partial charge in [0.05, 0.1) is 0 Å². The van der Waals surface area contributed by atoms with Crippen LogP contribution in [-0.4, -0.2) is 17.6 Å². The Morgan fingerprint density at radius 2 is 1.89 bits per heavy atom. The van der Waals surface area contributed by atoms with E-state index in [9.17, 15) is 4.79 Å². The highest BCUT2D eigenvalue weighted by Crippen LogP contribution is 2.24. The van der Waals surface area contributed by atoms with Gasteiger partial charge in [0.2, 0.25) is 5.91 Å². The van der Waals surface area contributed by atoms with E-state index in [0.717, 1.165) is 36.9 Å². The molecule has 1 aromatic rings. The molecule has 1 aliphatic rings. The van der Waals surface area contributed by atoms with Crippen LogP contribution in [0.4, 0.5) is 5.69 Å². The quantitative estimate of drug-likeness (QED) is 0.800. The fourth-order valence-corrected chi connectivity index (χ4v) is 2.39. The van der Waals surface area contributed by atoms with Crippen LogP contribution in [-0.2, 0) is 4.79 Å². The first kappa shape index (κ1) is 13.6. The van der Waals surface area contributed by atoms with Crippen molar-refractivity contribution in [1.29, 1.82) is 0 Å². The lowest BCUT2D eigenvalue weighted by Crippen LogP contribution is -2.24. The zero-order valence-corrected chi connectivity index (χ0v) is 11.0. The van der Waals surface area contributed by atoms with Gasteiger partial charge in [0, 0.05) is 17.2 Å². The summed E-state index contributed by atoms with van der Waals surface area (Å²) < 4.78 is 0. The van der Waals surface area contributed by atoms with Crippen LogP contribution in [0, 0.1) is 17.8 Å². The molecule has 100 valence electrons. The highest BCUT2D eigenvalue weighted by atomic mass is 16.2. The summed E-state index contributed by atoms with van der Waals surface area (Å²) in [7, 11) is 0. The first-order valence-electron chi connectivity index (χ1n) is 6.80. The zero-order chi connectivity index (χ0) is 13.5. The van der Waals surface area contributed by atoms with E-state index >= 15 is 0 Å². The van der Waals surface area contributed by atoms with Gasteiger partial charge in [-0.1, -0.05) is 31.1 Å². The van der Waals surface area contributed by atoms with Crippen molar-refractivity contribution in [1.82, 2.24) is 0 Å². The molecule has 1 amide bonds. The van der Waals surface area contributed by atoms with Crippen LogP contribution in [0.1, 0.15) is 37.7 Å². The van der Waals surface area contributed by atoms with E-state index in [4.69, 9.17) is 5.11 Å². The van der Waals surface area contributed by atoms with Crippen LogP contribution in [0.15, 0.2) is 24.3 Å². The third-order valence-electron chi connectivity index (χ3n) is 3.44. The lowest BCUT2D eigenvalue weighted by Gasteiger charge is -2.20. The predicted molar refractivity (Wildman–Crippen MR) is 75.6 cm³/mol. The molecule has 2 N–H and O–H groups in total. The van der Waals surface area contributed by atoms with Crippen molar-refractivity contribution < 1.29 is 9.90 Å². The van der Waals surface area contributed by atoms with E-state index in [1.807, 2.05) is 24.3 Å². The van der Waals surface area contributed by atoms with Gasteiger partial charge >= 0.3 is 0 Å². The maximum atomic E-state index is 12.1. The minimum Gasteiger partial charge on any atom is -0.384 e. The standard InChI is InChI=1S/C16H19NO2/c18-12-4-5-13-8-10-15(11-9-13)17-16(19)14-6-2-1-3-7-14/h8-11,14,18H,1-3,6-7,12H2,(H,17,19). The van der Waals surface area contributed by atoms with Crippen molar-refractivity contribution in [2.45, 2.75) is 32.1 Å². The number of carbonyl (C=O) groups is 1. The Labute approximate surface area is 114 Å². The van der Waals surface area contributed by atoms with E-state index in [2.05, 4.69) is 17.2 Å². The summed E-state index contributed by atoms with van der Waals surface area (Å²) >= 11 is 0. The van der Waals surface area contributed by atoms with Gasteiger partial charge in [0.1, 0.15) is 6.61 Å². The van der Waals surface area contributed by atoms with Gasteiger partial charge in [-0.25, -0.2) is 0 Å². The van der Waals surface area contributed by atoms with Crippen LogP contribution in [0.2, 0.25) is 0 Å². The molecule has 0 aliphatic heterocycles. The van der Waals surface area contributed by atoms with E-state index < -0.39 is 0 Å². The van der Waals surface area contributed by atoms with Crippen LogP contribution in [0.25, 0.3) is 0 Å². The highest BCUT2D eigenvalue weighted by Gasteiger charge is 2.20. The van der Waals surface area contributed by atoms with Gasteiger partial charge in [-0.3, -0.25) is 4.79 Å². The second-order valence-corrected chi connectivity index (χ2v) is 4.86. The van der Waals surface area contributed by atoms with Crippen molar-refractivity contribution in [2.24, 2.45) is 5.92 Å². The van der Waals surface area contributed by atoms with E-state index in [0.29, 0.717) is 0 Å². The number of anilines is 1. The van der Waals surface area contributed by atoms with Crippen molar-refractivity contribution in [2.75, 3.05) is 11.9 Å². The number of carbonyl (C=O) groups excluding carboxylic acids is 1. The van der Waals surface area contributed by atoms with Crippen LogP contribution < -0.4 is 5.32 Å². The lowest BCUT2D eigenvalue weighted by atomic mass is 9.88. The molecule has 3 heteroatoms. The predicted octanol–water partition coefficient (Wildman–Crippen LogP) is 2.55. The largest absolute Gasteiger partial charge is 0.384 e. The minimum atomic E-state index is -0.139. The Hall–Kier alpha value is -1.79. The Morgan fingerprint density at radius 1 is 1.21 bits per heavy atom. The third kappa shape index (κ3) is 4.11. The van der Waals surface area contributed by atoms with Crippen molar-refractivity contribution in [3.8, 4) is 11.8 Å². The Balaban J connectivity index is 1.93. The van der Waals surface area contributed by atoms with E-state index in [-0.39, 0.29) is 18.4 Å². The molecule has 0 spiro atoms. The van der Waals surface area contributed by atoms with Gasteiger partial charge in [0.15, 0.2) is 0 Å². The highest BCUT2D eigenvalue weighted by molar-refractivity contribution is 5.92. The SMILES string of the molecule is O=C(Nc1ccc(C#CCO)cc1)C1CCCCC1. The maximum absolute atomic E-state index is 12.1. The zero-order valence-electron chi connectivity index (χ0n) is 11.0. The molecule has 1 aliphatic carbocycles. The van der Waals surface area contributed by atoms with Gasteiger partial charge in [-0.05, 0) is 37.1 Å². The molecule has 1 saturated carbocycles. The fourth-order valence-electron chi connectivity index (χ4n) is 2.39. The van der Waals surface area contributed by atoms with E-state index in [1.54, 1.807) is 0 Å². The van der Waals surface area contributed by atoms with Crippen LogP contribution in [0.5, 0.6) is 0 Å². The topological polar surface area (TPSA) is 49.3 Å². The van der Waals surface area contributed by atoms with Crippen LogP contribution >= 0.6 is 0 Å². The number of nitrogens with one attached hydrogen (secondary N) is 1. The van der Waals surface area contributed by atoms with Gasteiger partial charge in [-0.2, -0.15) is 0 Å². The van der Waals surface area contributed by atoms with Crippen molar-refractivity contribution in [3.63, 3.8) is 0 Å². The summed E-state index contributed by atoms with van der Waals surface area (Å²) in [5.41, 5.74) is 1.65. The minimum absolute atomic E-state index is 0.133. The molecule has 2 rings (SSSR count). The Kier molecular flexibility index (Phi) is 5.00. The third-order valence-corrected chi connectivity index (χ3v) is 3.44. The summed E-state index contributed by atoms with van der Waals surface area (Å²) in [4.78, 5) is 12.1. The molecule has 1 fully saturated rings. The average molecular weight is 257 g/mol. The Morgan fingerprint density at radius 3 is 2.53 bits per heavy atom. The molecule has 0 unspecified atom stereocenters. The van der Waals surface area contributed by atoms with Gasteiger partial charge < -0.3 is 10.4 Å². The fraction of sp³-hybridized carbons (Fsp3) is 0.438. The summed E-state index contributed by atoms with van der Waals surface area (Å²) in [6, 6.07) is 7.39. The lowest BCUT2D eigenvalue weighted by molar-refractivity contribution is -0.120. The molecular formula is C16H19NO2. The molecule has 0 atom stereocenters. The molecule has 0 aromatic heterocycles. The smallest absolute Gasteiger partial charge is 0.227 e. The number of aliphatic hydroxyl groups excluding tert-OH is 1. The summed E-state index contributed by atoms with van der Waals surface area (Å²) in [5, 5.41) is 11.6. The number of hydrogen-bond acceptors (Lipinski definition) is 2.